The maximum Gasteiger partial charge on any atom is 0.237 e. The molecule has 108 valence electrons. The average molecular weight is 313 g/mol. The van der Waals surface area contributed by atoms with Crippen molar-refractivity contribution in [2.45, 2.75) is 25.7 Å². The van der Waals surface area contributed by atoms with Gasteiger partial charge in [0.1, 0.15) is 5.75 Å². The predicted molar refractivity (Wildman–Crippen MR) is 84.3 cm³/mol. The number of thiocarbonyl (C=S) groups is 1. The maximum absolute atomic E-state index is 12.6. The summed E-state index contributed by atoms with van der Waals surface area (Å²) < 4.78 is 5.13. The fourth-order valence-corrected chi connectivity index (χ4v) is 2.99. The Morgan fingerprint density at radius 3 is 2.65 bits per heavy atom. The molecule has 3 N–H and O–H groups in total. The summed E-state index contributed by atoms with van der Waals surface area (Å²) >= 11 is 11.2. The van der Waals surface area contributed by atoms with Crippen molar-refractivity contribution in [1.29, 1.82) is 0 Å². The van der Waals surface area contributed by atoms with E-state index in [1.807, 2.05) is 0 Å². The molecule has 0 heterocycles. The molecule has 0 aliphatic heterocycles. The van der Waals surface area contributed by atoms with Crippen LogP contribution in [-0.4, -0.2) is 18.0 Å². The Hall–Kier alpha value is -1.33. The standard InChI is InChI=1S/C14H17ClN2O2S/c1-19-9-4-5-10(15)11(8-9)17-13(18)14(12(16)20)6-2-3-7-14/h4-5,8H,2-3,6-7H2,1H3,(H2,16,20)(H,17,18). The van der Waals surface area contributed by atoms with Crippen molar-refractivity contribution in [3.8, 4) is 5.75 Å². The van der Waals surface area contributed by atoms with Crippen LogP contribution in [0.1, 0.15) is 25.7 Å². The highest BCUT2D eigenvalue weighted by Gasteiger charge is 2.44. The van der Waals surface area contributed by atoms with Gasteiger partial charge in [-0.15, -0.1) is 0 Å². The molecular weight excluding hydrogens is 296 g/mol. The van der Waals surface area contributed by atoms with Crippen molar-refractivity contribution >= 4 is 40.4 Å². The lowest BCUT2D eigenvalue weighted by molar-refractivity contribution is -0.122. The lowest BCUT2D eigenvalue weighted by Gasteiger charge is -2.26. The van der Waals surface area contributed by atoms with Gasteiger partial charge in [0, 0.05) is 6.07 Å². The summed E-state index contributed by atoms with van der Waals surface area (Å²) in [6, 6.07) is 5.09. The van der Waals surface area contributed by atoms with Crippen LogP contribution in [0, 0.1) is 5.41 Å². The number of halogens is 1. The van der Waals surface area contributed by atoms with E-state index in [1.165, 1.54) is 0 Å². The number of rotatable bonds is 4. The zero-order valence-corrected chi connectivity index (χ0v) is 12.8. The molecule has 0 aromatic heterocycles. The number of nitrogens with one attached hydrogen (secondary N) is 1. The normalized spacial score (nSPS) is 16.7. The Balaban J connectivity index is 2.25. The molecule has 1 aromatic carbocycles. The zero-order chi connectivity index (χ0) is 14.8. The van der Waals surface area contributed by atoms with Crippen molar-refractivity contribution < 1.29 is 9.53 Å². The number of carbonyl (C=O) groups excluding carboxylic acids is 1. The van der Waals surface area contributed by atoms with Gasteiger partial charge < -0.3 is 15.8 Å². The van der Waals surface area contributed by atoms with Crippen LogP contribution < -0.4 is 15.8 Å². The molecule has 4 nitrogen and oxygen atoms in total. The Morgan fingerprint density at radius 1 is 1.45 bits per heavy atom. The molecule has 1 aliphatic carbocycles. The second kappa shape index (κ2) is 5.97. The molecule has 1 saturated carbocycles. The number of nitrogens with two attached hydrogens (primary N) is 1. The Bertz CT molecular complexity index is 542. The van der Waals surface area contributed by atoms with Gasteiger partial charge in [0.15, 0.2) is 0 Å². The van der Waals surface area contributed by atoms with Crippen LogP contribution >= 0.6 is 23.8 Å². The highest BCUT2D eigenvalue weighted by atomic mass is 35.5. The van der Waals surface area contributed by atoms with Gasteiger partial charge in [-0.2, -0.15) is 0 Å². The molecule has 0 atom stereocenters. The minimum atomic E-state index is -0.748. The van der Waals surface area contributed by atoms with Gasteiger partial charge in [-0.1, -0.05) is 36.7 Å². The first kappa shape index (κ1) is 15.1. The first-order chi connectivity index (χ1) is 9.49. The van der Waals surface area contributed by atoms with E-state index in [2.05, 4.69) is 5.32 Å². The molecular formula is C14H17ClN2O2S. The number of hydrogen-bond acceptors (Lipinski definition) is 3. The topological polar surface area (TPSA) is 64.3 Å². The van der Waals surface area contributed by atoms with E-state index < -0.39 is 5.41 Å². The fraction of sp³-hybridized carbons (Fsp3) is 0.429. The molecule has 20 heavy (non-hydrogen) atoms. The van der Waals surface area contributed by atoms with Crippen molar-refractivity contribution in [2.75, 3.05) is 12.4 Å². The van der Waals surface area contributed by atoms with E-state index in [0.717, 1.165) is 12.8 Å². The molecule has 1 fully saturated rings. The number of hydrogen-bond donors (Lipinski definition) is 2. The minimum Gasteiger partial charge on any atom is -0.497 e. The Labute approximate surface area is 128 Å². The molecule has 0 saturated heterocycles. The number of carbonyl (C=O) groups is 1. The third-order valence-electron chi connectivity index (χ3n) is 3.79. The lowest BCUT2D eigenvalue weighted by Crippen LogP contribution is -2.44. The van der Waals surface area contributed by atoms with Crippen molar-refractivity contribution in [2.24, 2.45) is 11.1 Å². The molecule has 0 radical (unpaired) electrons. The van der Waals surface area contributed by atoms with E-state index in [1.54, 1.807) is 25.3 Å². The zero-order valence-electron chi connectivity index (χ0n) is 11.2. The first-order valence-corrected chi connectivity index (χ1v) is 7.23. The smallest absolute Gasteiger partial charge is 0.237 e. The van der Waals surface area contributed by atoms with Crippen LogP contribution in [0.15, 0.2) is 18.2 Å². The van der Waals surface area contributed by atoms with Crippen LogP contribution in [0.4, 0.5) is 5.69 Å². The summed E-state index contributed by atoms with van der Waals surface area (Å²) in [5.41, 5.74) is 5.56. The van der Waals surface area contributed by atoms with Crippen molar-refractivity contribution in [3.05, 3.63) is 23.2 Å². The van der Waals surface area contributed by atoms with E-state index in [-0.39, 0.29) is 10.9 Å². The number of anilines is 1. The van der Waals surface area contributed by atoms with Gasteiger partial charge in [-0.05, 0) is 25.0 Å². The molecule has 1 aromatic rings. The molecule has 6 heteroatoms. The highest BCUT2D eigenvalue weighted by Crippen LogP contribution is 2.40. The molecule has 2 rings (SSSR count). The fourth-order valence-electron chi connectivity index (χ4n) is 2.53. The van der Waals surface area contributed by atoms with Crippen LogP contribution in [0.2, 0.25) is 5.02 Å². The lowest BCUT2D eigenvalue weighted by atomic mass is 9.85. The summed E-state index contributed by atoms with van der Waals surface area (Å²) in [6.07, 6.45) is 3.29. The maximum atomic E-state index is 12.6. The molecule has 1 aliphatic rings. The quantitative estimate of drug-likeness (QED) is 0.838. The summed E-state index contributed by atoms with van der Waals surface area (Å²) in [6.45, 7) is 0. The highest BCUT2D eigenvalue weighted by molar-refractivity contribution is 7.80. The van der Waals surface area contributed by atoms with Crippen molar-refractivity contribution in [3.63, 3.8) is 0 Å². The number of amides is 1. The van der Waals surface area contributed by atoms with Gasteiger partial charge in [0.25, 0.3) is 0 Å². The molecule has 0 unspecified atom stereocenters. The van der Waals surface area contributed by atoms with Crippen LogP contribution in [0.25, 0.3) is 0 Å². The summed E-state index contributed by atoms with van der Waals surface area (Å²) in [5, 5.41) is 3.28. The number of ether oxygens (including phenoxy) is 1. The third kappa shape index (κ3) is 2.74. The average Bonchev–Trinajstić information content (AvgIpc) is 2.92. The monoisotopic (exact) mass is 312 g/mol. The van der Waals surface area contributed by atoms with Gasteiger partial charge in [-0.3, -0.25) is 4.79 Å². The summed E-state index contributed by atoms with van der Waals surface area (Å²) in [5.74, 6) is 0.443. The van der Waals surface area contributed by atoms with Gasteiger partial charge >= 0.3 is 0 Å². The largest absolute Gasteiger partial charge is 0.497 e. The predicted octanol–water partition coefficient (Wildman–Crippen LogP) is 3.13. The SMILES string of the molecule is COc1ccc(Cl)c(NC(=O)C2(C(N)=S)CCCC2)c1. The second-order valence-corrected chi connectivity index (χ2v) is 5.80. The van der Waals surface area contributed by atoms with Crippen molar-refractivity contribution in [1.82, 2.24) is 0 Å². The third-order valence-corrected chi connectivity index (χ3v) is 4.51. The van der Waals surface area contributed by atoms with Crippen LogP contribution in [-0.2, 0) is 4.79 Å². The van der Waals surface area contributed by atoms with E-state index in [0.29, 0.717) is 29.3 Å². The van der Waals surface area contributed by atoms with Gasteiger partial charge in [0.05, 0.1) is 28.2 Å². The second-order valence-electron chi connectivity index (χ2n) is 4.95. The number of benzene rings is 1. The molecule has 0 bridgehead atoms. The minimum absolute atomic E-state index is 0.183. The Morgan fingerprint density at radius 2 is 2.10 bits per heavy atom. The van der Waals surface area contributed by atoms with Gasteiger partial charge in [0.2, 0.25) is 5.91 Å². The van der Waals surface area contributed by atoms with E-state index in [9.17, 15) is 4.79 Å². The van der Waals surface area contributed by atoms with Crippen LogP contribution in [0.3, 0.4) is 0 Å². The Kier molecular flexibility index (Phi) is 4.50. The molecule has 0 spiro atoms. The van der Waals surface area contributed by atoms with E-state index in [4.69, 9.17) is 34.3 Å². The summed E-state index contributed by atoms with van der Waals surface area (Å²) in [4.78, 5) is 12.8. The van der Waals surface area contributed by atoms with E-state index >= 15 is 0 Å². The summed E-state index contributed by atoms with van der Waals surface area (Å²) in [7, 11) is 1.56. The molecule has 1 amide bonds. The van der Waals surface area contributed by atoms with Gasteiger partial charge in [-0.25, -0.2) is 0 Å². The first-order valence-electron chi connectivity index (χ1n) is 6.44. The number of methoxy groups -OCH3 is 1. The van der Waals surface area contributed by atoms with Crippen LogP contribution in [0.5, 0.6) is 5.75 Å².